The van der Waals surface area contributed by atoms with Crippen LogP contribution in [0.3, 0.4) is 0 Å². The number of hydrogen-bond donors (Lipinski definition) is 2. The standard InChI is InChI=1S/C17H22N4O/c1-4-13-5-7-14(8-6-13)21-17(22)15-9-16(20-11-19-15)18-10-12(2)3/h5-9,11-12H,4,10H2,1-3H3,(H,21,22)(H,18,19,20). The van der Waals surface area contributed by atoms with Gasteiger partial charge in [-0.1, -0.05) is 32.9 Å². The molecular formula is C17H22N4O. The van der Waals surface area contributed by atoms with Crippen molar-refractivity contribution in [2.45, 2.75) is 27.2 Å². The average molecular weight is 298 g/mol. The monoisotopic (exact) mass is 298 g/mol. The van der Waals surface area contributed by atoms with Crippen LogP contribution in [-0.4, -0.2) is 22.4 Å². The minimum atomic E-state index is -0.237. The van der Waals surface area contributed by atoms with Crippen LogP contribution in [0.25, 0.3) is 0 Å². The van der Waals surface area contributed by atoms with Crippen LogP contribution in [0.4, 0.5) is 11.5 Å². The van der Waals surface area contributed by atoms with Crippen molar-refractivity contribution in [2.75, 3.05) is 17.2 Å². The van der Waals surface area contributed by atoms with Crippen LogP contribution in [-0.2, 0) is 6.42 Å². The van der Waals surface area contributed by atoms with E-state index in [1.54, 1.807) is 6.07 Å². The lowest BCUT2D eigenvalue weighted by atomic mass is 10.1. The molecule has 22 heavy (non-hydrogen) atoms. The molecule has 1 heterocycles. The second-order valence-electron chi connectivity index (χ2n) is 5.57. The zero-order valence-electron chi connectivity index (χ0n) is 13.3. The average Bonchev–Trinajstić information content (AvgIpc) is 2.54. The third kappa shape index (κ3) is 4.55. The van der Waals surface area contributed by atoms with Gasteiger partial charge in [0.2, 0.25) is 0 Å². The highest BCUT2D eigenvalue weighted by Crippen LogP contribution is 2.12. The molecule has 0 saturated carbocycles. The fourth-order valence-corrected chi connectivity index (χ4v) is 1.91. The van der Waals surface area contributed by atoms with Crippen LogP contribution >= 0.6 is 0 Å². The van der Waals surface area contributed by atoms with E-state index in [4.69, 9.17) is 0 Å². The van der Waals surface area contributed by atoms with Crippen molar-refractivity contribution in [2.24, 2.45) is 5.92 Å². The third-order valence-corrected chi connectivity index (χ3v) is 3.21. The molecule has 0 spiro atoms. The molecule has 0 fully saturated rings. The van der Waals surface area contributed by atoms with E-state index in [-0.39, 0.29) is 5.91 Å². The maximum atomic E-state index is 12.2. The Labute approximate surface area is 131 Å². The summed E-state index contributed by atoms with van der Waals surface area (Å²) in [6.07, 6.45) is 2.38. The minimum absolute atomic E-state index is 0.237. The molecule has 0 unspecified atom stereocenters. The molecule has 0 aliphatic carbocycles. The quantitative estimate of drug-likeness (QED) is 0.858. The van der Waals surface area contributed by atoms with Gasteiger partial charge in [-0.2, -0.15) is 0 Å². The SMILES string of the molecule is CCc1ccc(NC(=O)c2cc(NCC(C)C)ncn2)cc1. The number of nitrogens with zero attached hydrogens (tertiary/aromatic N) is 2. The number of aryl methyl sites for hydroxylation is 1. The Kier molecular flexibility index (Phi) is 5.47. The zero-order valence-corrected chi connectivity index (χ0v) is 13.3. The van der Waals surface area contributed by atoms with Crippen molar-refractivity contribution < 1.29 is 4.79 Å². The van der Waals surface area contributed by atoms with Gasteiger partial charge in [0.25, 0.3) is 5.91 Å². The van der Waals surface area contributed by atoms with Gasteiger partial charge in [0.05, 0.1) is 0 Å². The zero-order chi connectivity index (χ0) is 15.9. The minimum Gasteiger partial charge on any atom is -0.370 e. The van der Waals surface area contributed by atoms with Crippen molar-refractivity contribution in [3.63, 3.8) is 0 Å². The van der Waals surface area contributed by atoms with E-state index in [0.717, 1.165) is 18.7 Å². The van der Waals surface area contributed by atoms with Crippen LogP contribution in [0.5, 0.6) is 0 Å². The van der Waals surface area contributed by atoms with Crippen LogP contribution in [0.2, 0.25) is 0 Å². The van der Waals surface area contributed by atoms with Crippen molar-refractivity contribution in [1.29, 1.82) is 0 Å². The second kappa shape index (κ2) is 7.54. The molecule has 2 N–H and O–H groups in total. The number of benzene rings is 1. The molecule has 0 aliphatic rings. The predicted molar refractivity (Wildman–Crippen MR) is 89.1 cm³/mol. The molecule has 5 nitrogen and oxygen atoms in total. The summed E-state index contributed by atoms with van der Waals surface area (Å²) in [5, 5.41) is 6.03. The highest BCUT2D eigenvalue weighted by molar-refractivity contribution is 6.03. The first kappa shape index (κ1) is 15.9. The number of nitrogens with one attached hydrogen (secondary N) is 2. The molecule has 2 aromatic rings. The molecular weight excluding hydrogens is 276 g/mol. The number of amides is 1. The summed E-state index contributed by atoms with van der Waals surface area (Å²) in [7, 11) is 0. The molecule has 1 amide bonds. The molecule has 2 rings (SSSR count). The van der Waals surface area contributed by atoms with Gasteiger partial charge in [-0.3, -0.25) is 4.79 Å². The van der Waals surface area contributed by atoms with Gasteiger partial charge in [0.1, 0.15) is 17.8 Å². The van der Waals surface area contributed by atoms with E-state index < -0.39 is 0 Å². The van der Waals surface area contributed by atoms with Crippen LogP contribution in [0.15, 0.2) is 36.7 Å². The first-order chi connectivity index (χ1) is 10.6. The fraction of sp³-hybridized carbons (Fsp3) is 0.353. The summed E-state index contributed by atoms with van der Waals surface area (Å²) in [6, 6.07) is 9.47. The van der Waals surface area contributed by atoms with Gasteiger partial charge < -0.3 is 10.6 Å². The summed E-state index contributed by atoms with van der Waals surface area (Å²) in [6.45, 7) is 7.13. The topological polar surface area (TPSA) is 66.9 Å². The molecule has 1 aromatic carbocycles. The molecule has 0 aliphatic heterocycles. The maximum absolute atomic E-state index is 12.2. The summed E-state index contributed by atoms with van der Waals surface area (Å²) >= 11 is 0. The first-order valence-electron chi connectivity index (χ1n) is 7.54. The van der Waals surface area contributed by atoms with E-state index in [1.807, 2.05) is 24.3 Å². The Morgan fingerprint density at radius 2 is 1.91 bits per heavy atom. The van der Waals surface area contributed by atoms with Crippen molar-refractivity contribution in [3.05, 3.63) is 47.9 Å². The summed E-state index contributed by atoms with van der Waals surface area (Å²) in [4.78, 5) is 20.4. The highest BCUT2D eigenvalue weighted by Gasteiger charge is 2.09. The Morgan fingerprint density at radius 1 is 1.18 bits per heavy atom. The number of anilines is 2. The molecule has 0 radical (unpaired) electrons. The number of carbonyl (C=O) groups excluding carboxylic acids is 1. The maximum Gasteiger partial charge on any atom is 0.274 e. The lowest BCUT2D eigenvalue weighted by molar-refractivity contribution is 0.102. The normalized spacial score (nSPS) is 10.5. The number of hydrogen-bond acceptors (Lipinski definition) is 4. The van der Waals surface area contributed by atoms with E-state index in [2.05, 4.69) is 41.4 Å². The number of carbonyl (C=O) groups is 1. The summed E-state index contributed by atoms with van der Waals surface area (Å²) in [5.74, 6) is 0.929. The first-order valence-corrected chi connectivity index (χ1v) is 7.54. The van der Waals surface area contributed by atoms with Crippen molar-refractivity contribution in [1.82, 2.24) is 9.97 Å². The Morgan fingerprint density at radius 3 is 2.55 bits per heavy atom. The van der Waals surface area contributed by atoms with Crippen molar-refractivity contribution in [3.8, 4) is 0 Å². The largest absolute Gasteiger partial charge is 0.370 e. The van der Waals surface area contributed by atoms with E-state index in [1.165, 1.54) is 11.9 Å². The predicted octanol–water partition coefficient (Wildman–Crippen LogP) is 3.36. The van der Waals surface area contributed by atoms with Gasteiger partial charge in [-0.15, -0.1) is 0 Å². The van der Waals surface area contributed by atoms with E-state index in [9.17, 15) is 4.79 Å². The highest BCUT2D eigenvalue weighted by atomic mass is 16.1. The number of rotatable bonds is 6. The smallest absolute Gasteiger partial charge is 0.274 e. The van der Waals surface area contributed by atoms with Crippen LogP contribution < -0.4 is 10.6 Å². The Hall–Kier alpha value is -2.43. The van der Waals surface area contributed by atoms with Crippen molar-refractivity contribution >= 4 is 17.4 Å². The lowest BCUT2D eigenvalue weighted by Crippen LogP contribution is -2.15. The molecule has 5 heteroatoms. The molecule has 0 bridgehead atoms. The lowest BCUT2D eigenvalue weighted by Gasteiger charge is -2.09. The molecule has 116 valence electrons. The third-order valence-electron chi connectivity index (χ3n) is 3.21. The molecule has 0 atom stereocenters. The van der Waals surface area contributed by atoms with E-state index in [0.29, 0.717) is 17.4 Å². The fourth-order valence-electron chi connectivity index (χ4n) is 1.91. The van der Waals surface area contributed by atoms with Crippen LogP contribution in [0.1, 0.15) is 36.8 Å². The Balaban J connectivity index is 2.03. The van der Waals surface area contributed by atoms with Gasteiger partial charge in [-0.05, 0) is 30.0 Å². The molecule has 1 aromatic heterocycles. The molecule has 0 saturated heterocycles. The summed E-state index contributed by atoms with van der Waals surface area (Å²) < 4.78 is 0. The second-order valence-corrected chi connectivity index (χ2v) is 5.57. The van der Waals surface area contributed by atoms with E-state index >= 15 is 0 Å². The summed E-state index contributed by atoms with van der Waals surface area (Å²) in [5.41, 5.74) is 2.35. The van der Waals surface area contributed by atoms with Crippen LogP contribution in [0, 0.1) is 5.92 Å². The van der Waals surface area contributed by atoms with Gasteiger partial charge in [-0.25, -0.2) is 9.97 Å². The van der Waals surface area contributed by atoms with Gasteiger partial charge in [0.15, 0.2) is 0 Å². The number of aromatic nitrogens is 2. The van der Waals surface area contributed by atoms with Gasteiger partial charge in [0, 0.05) is 18.3 Å². The van der Waals surface area contributed by atoms with Gasteiger partial charge >= 0.3 is 0 Å². The Bertz CT molecular complexity index is 623.